The maximum absolute atomic E-state index is 11.9. The van der Waals surface area contributed by atoms with Gasteiger partial charge in [0.2, 0.25) is 0 Å². The number of anilines is 2. The second-order valence-electron chi connectivity index (χ2n) is 3.95. The molecular formula is C10H16BrN3O2S. The molecule has 0 spiro atoms. The van der Waals surface area contributed by atoms with Crippen molar-refractivity contribution in [3.8, 4) is 0 Å². The first-order valence-electron chi connectivity index (χ1n) is 5.05. The van der Waals surface area contributed by atoms with Crippen LogP contribution in [0.25, 0.3) is 0 Å². The fourth-order valence-corrected chi connectivity index (χ4v) is 2.48. The normalized spacial score (nSPS) is 12.1. The minimum Gasteiger partial charge on any atom is -0.398 e. The molecular weight excluding hydrogens is 306 g/mol. The van der Waals surface area contributed by atoms with Crippen molar-refractivity contribution in [1.29, 1.82) is 0 Å². The van der Waals surface area contributed by atoms with Crippen LogP contribution in [0.3, 0.4) is 0 Å². The smallest absolute Gasteiger partial charge is 0.301 e. The monoisotopic (exact) mass is 321 g/mol. The van der Waals surface area contributed by atoms with Crippen molar-refractivity contribution in [2.45, 2.75) is 19.9 Å². The predicted octanol–water partition coefficient (Wildman–Crippen LogP) is 2.03. The molecule has 0 bridgehead atoms. The van der Waals surface area contributed by atoms with Gasteiger partial charge in [0.15, 0.2) is 0 Å². The standard InChI is InChI=1S/C10H16BrN3O2S/c1-7(2)14(3)17(15,16)13-8-4-5-9(11)10(12)6-8/h4-7,13H,12H2,1-3H3. The number of nitrogens with zero attached hydrogens (tertiary/aromatic N) is 1. The van der Waals surface area contributed by atoms with E-state index in [1.165, 1.54) is 11.4 Å². The number of benzene rings is 1. The van der Waals surface area contributed by atoms with Crippen LogP contribution < -0.4 is 10.5 Å². The van der Waals surface area contributed by atoms with E-state index in [0.717, 1.165) is 4.47 Å². The molecule has 0 aliphatic heterocycles. The van der Waals surface area contributed by atoms with E-state index in [2.05, 4.69) is 20.7 Å². The molecule has 0 aromatic heterocycles. The summed E-state index contributed by atoms with van der Waals surface area (Å²) < 4.78 is 28.3. The van der Waals surface area contributed by atoms with Gasteiger partial charge in [0.25, 0.3) is 0 Å². The fraction of sp³-hybridized carbons (Fsp3) is 0.400. The van der Waals surface area contributed by atoms with Crippen LogP contribution in [0, 0.1) is 0 Å². The summed E-state index contributed by atoms with van der Waals surface area (Å²) in [4.78, 5) is 0. The lowest BCUT2D eigenvalue weighted by atomic mass is 10.3. The lowest BCUT2D eigenvalue weighted by Gasteiger charge is -2.21. The van der Waals surface area contributed by atoms with Crippen molar-refractivity contribution in [2.24, 2.45) is 0 Å². The van der Waals surface area contributed by atoms with Crippen molar-refractivity contribution in [3.63, 3.8) is 0 Å². The highest BCUT2D eigenvalue weighted by Crippen LogP contribution is 2.23. The average molecular weight is 322 g/mol. The largest absolute Gasteiger partial charge is 0.398 e. The number of nitrogens with one attached hydrogen (secondary N) is 1. The van der Waals surface area contributed by atoms with E-state index in [9.17, 15) is 8.42 Å². The lowest BCUT2D eigenvalue weighted by Crippen LogP contribution is -2.37. The van der Waals surface area contributed by atoms with Crippen LogP contribution in [0.2, 0.25) is 0 Å². The second-order valence-corrected chi connectivity index (χ2v) is 6.54. The molecule has 0 aliphatic carbocycles. The van der Waals surface area contributed by atoms with E-state index in [1.54, 1.807) is 32.0 Å². The van der Waals surface area contributed by atoms with Gasteiger partial charge in [0, 0.05) is 23.2 Å². The highest BCUT2D eigenvalue weighted by atomic mass is 79.9. The molecule has 0 amide bonds. The molecule has 0 fully saturated rings. The Bertz CT molecular complexity index is 502. The molecule has 1 aromatic carbocycles. The molecule has 0 aliphatic rings. The van der Waals surface area contributed by atoms with E-state index in [1.807, 2.05) is 0 Å². The fourth-order valence-electron chi connectivity index (χ4n) is 1.11. The Morgan fingerprint density at radius 3 is 2.47 bits per heavy atom. The molecule has 17 heavy (non-hydrogen) atoms. The molecule has 0 radical (unpaired) electrons. The van der Waals surface area contributed by atoms with Crippen LogP contribution in [-0.2, 0) is 10.2 Å². The Hall–Kier alpha value is -0.790. The molecule has 5 nitrogen and oxygen atoms in total. The van der Waals surface area contributed by atoms with Crippen LogP contribution in [0.5, 0.6) is 0 Å². The summed E-state index contributed by atoms with van der Waals surface area (Å²) in [5, 5.41) is 0. The minimum atomic E-state index is -3.53. The molecule has 0 atom stereocenters. The van der Waals surface area contributed by atoms with E-state index >= 15 is 0 Å². The molecule has 0 heterocycles. The van der Waals surface area contributed by atoms with Gasteiger partial charge in [-0.05, 0) is 48.0 Å². The number of halogens is 1. The zero-order valence-corrected chi connectivity index (χ0v) is 12.3. The van der Waals surface area contributed by atoms with Crippen LogP contribution >= 0.6 is 15.9 Å². The number of hydrogen-bond acceptors (Lipinski definition) is 3. The molecule has 7 heteroatoms. The Morgan fingerprint density at radius 1 is 1.41 bits per heavy atom. The number of hydrogen-bond donors (Lipinski definition) is 2. The average Bonchev–Trinajstić information content (AvgIpc) is 2.22. The summed E-state index contributed by atoms with van der Waals surface area (Å²) in [7, 11) is -2.01. The molecule has 1 aromatic rings. The lowest BCUT2D eigenvalue weighted by molar-refractivity contribution is 0.414. The van der Waals surface area contributed by atoms with Crippen LogP contribution in [0.15, 0.2) is 22.7 Å². The highest BCUT2D eigenvalue weighted by molar-refractivity contribution is 9.10. The van der Waals surface area contributed by atoms with Crippen molar-refractivity contribution < 1.29 is 8.42 Å². The van der Waals surface area contributed by atoms with Gasteiger partial charge in [-0.2, -0.15) is 12.7 Å². The van der Waals surface area contributed by atoms with Gasteiger partial charge in [-0.15, -0.1) is 0 Å². The molecule has 1 rings (SSSR count). The van der Waals surface area contributed by atoms with Gasteiger partial charge >= 0.3 is 10.2 Å². The van der Waals surface area contributed by atoms with Crippen LogP contribution in [0.4, 0.5) is 11.4 Å². The van der Waals surface area contributed by atoms with Crippen LogP contribution in [0.1, 0.15) is 13.8 Å². The molecule has 0 saturated carbocycles. The molecule has 0 unspecified atom stereocenters. The SMILES string of the molecule is CC(C)N(C)S(=O)(=O)Nc1ccc(Br)c(N)c1. The van der Waals surface area contributed by atoms with Crippen molar-refractivity contribution >= 4 is 37.5 Å². The molecule has 3 N–H and O–H groups in total. The quantitative estimate of drug-likeness (QED) is 0.833. The van der Waals surface area contributed by atoms with Gasteiger partial charge in [0.05, 0.1) is 5.69 Å². The second kappa shape index (κ2) is 5.24. The van der Waals surface area contributed by atoms with Gasteiger partial charge in [-0.3, -0.25) is 4.72 Å². The summed E-state index contributed by atoms with van der Waals surface area (Å²) in [6, 6.07) is 4.80. The van der Waals surface area contributed by atoms with E-state index in [4.69, 9.17) is 5.73 Å². The first-order valence-corrected chi connectivity index (χ1v) is 7.28. The summed E-state index contributed by atoms with van der Waals surface area (Å²) in [5.74, 6) is 0. The third kappa shape index (κ3) is 3.58. The number of nitrogen functional groups attached to an aromatic ring is 1. The first-order chi connectivity index (χ1) is 7.74. The zero-order chi connectivity index (χ0) is 13.2. The summed E-state index contributed by atoms with van der Waals surface area (Å²) in [5.41, 5.74) is 6.61. The summed E-state index contributed by atoms with van der Waals surface area (Å²) in [6.07, 6.45) is 0. The van der Waals surface area contributed by atoms with Crippen molar-refractivity contribution in [2.75, 3.05) is 17.5 Å². The van der Waals surface area contributed by atoms with Gasteiger partial charge in [-0.1, -0.05) is 0 Å². The Balaban J connectivity index is 2.94. The third-order valence-electron chi connectivity index (χ3n) is 2.35. The topological polar surface area (TPSA) is 75.4 Å². The number of nitrogens with two attached hydrogens (primary N) is 1. The predicted molar refractivity (Wildman–Crippen MR) is 74.0 cm³/mol. The van der Waals surface area contributed by atoms with Crippen molar-refractivity contribution in [1.82, 2.24) is 4.31 Å². The Kier molecular flexibility index (Phi) is 4.40. The number of rotatable bonds is 4. The molecule has 0 saturated heterocycles. The first kappa shape index (κ1) is 14.3. The maximum atomic E-state index is 11.9. The van der Waals surface area contributed by atoms with Gasteiger partial charge in [-0.25, -0.2) is 0 Å². The van der Waals surface area contributed by atoms with E-state index in [0.29, 0.717) is 11.4 Å². The van der Waals surface area contributed by atoms with Crippen LogP contribution in [-0.4, -0.2) is 25.8 Å². The van der Waals surface area contributed by atoms with E-state index < -0.39 is 10.2 Å². The van der Waals surface area contributed by atoms with E-state index in [-0.39, 0.29) is 6.04 Å². The third-order valence-corrected chi connectivity index (χ3v) is 4.74. The van der Waals surface area contributed by atoms with Gasteiger partial charge < -0.3 is 5.73 Å². The summed E-state index contributed by atoms with van der Waals surface area (Å²) >= 11 is 3.25. The Morgan fingerprint density at radius 2 is 2.00 bits per heavy atom. The van der Waals surface area contributed by atoms with Gasteiger partial charge in [0.1, 0.15) is 0 Å². The Labute approximate surface area is 110 Å². The maximum Gasteiger partial charge on any atom is 0.301 e. The molecule has 96 valence electrons. The minimum absolute atomic E-state index is 0.111. The van der Waals surface area contributed by atoms with Crippen molar-refractivity contribution in [3.05, 3.63) is 22.7 Å². The summed E-state index contributed by atoms with van der Waals surface area (Å²) in [6.45, 7) is 3.60. The highest BCUT2D eigenvalue weighted by Gasteiger charge is 2.20. The zero-order valence-electron chi connectivity index (χ0n) is 9.94.